The molecule has 0 aliphatic rings. The van der Waals surface area contributed by atoms with Gasteiger partial charge in [0.1, 0.15) is 5.75 Å². The fourth-order valence-electron chi connectivity index (χ4n) is 3.35. The minimum Gasteiger partial charge on any atom is -0.496 e. The van der Waals surface area contributed by atoms with E-state index in [2.05, 4.69) is 4.98 Å². The molecular weight excluding hydrogens is 346 g/mol. The lowest BCUT2D eigenvalue weighted by Crippen LogP contribution is -2.02. The molecule has 6 nitrogen and oxygen atoms in total. The topological polar surface area (TPSA) is 80.8 Å². The maximum absolute atomic E-state index is 11.5. The number of nitrogens with one attached hydrogen (secondary N) is 1. The predicted molar refractivity (Wildman–Crippen MR) is 104 cm³/mol. The van der Waals surface area contributed by atoms with Crippen molar-refractivity contribution in [3.05, 3.63) is 41.0 Å². The quantitative estimate of drug-likeness (QED) is 0.684. The Kier molecular flexibility index (Phi) is 4.99. The van der Waals surface area contributed by atoms with Crippen molar-refractivity contribution >= 4 is 16.9 Å². The van der Waals surface area contributed by atoms with Crippen molar-refractivity contribution in [2.75, 3.05) is 21.3 Å². The molecule has 0 bridgehead atoms. The van der Waals surface area contributed by atoms with Crippen LogP contribution in [-0.2, 0) is 11.2 Å². The second-order valence-electron chi connectivity index (χ2n) is 6.39. The van der Waals surface area contributed by atoms with Crippen LogP contribution in [0.15, 0.2) is 24.3 Å². The number of ether oxygens (including phenoxy) is 3. The standard InChI is InChI=1S/C21H23NO5/c1-11-6-7-13-14(9-19(23)24)21(22-20(13)12(11)2)15-8-17(26-4)18(27-5)10-16(15)25-3/h6-8,10,22H,9H2,1-5H3,(H,23,24). The zero-order valence-corrected chi connectivity index (χ0v) is 16.1. The fraction of sp³-hybridized carbons (Fsp3) is 0.286. The zero-order valence-electron chi connectivity index (χ0n) is 16.1. The largest absolute Gasteiger partial charge is 0.496 e. The van der Waals surface area contributed by atoms with Crippen molar-refractivity contribution in [2.45, 2.75) is 20.3 Å². The van der Waals surface area contributed by atoms with Crippen molar-refractivity contribution in [2.24, 2.45) is 0 Å². The van der Waals surface area contributed by atoms with Crippen LogP contribution in [0.3, 0.4) is 0 Å². The summed E-state index contributed by atoms with van der Waals surface area (Å²) in [6, 6.07) is 7.51. The van der Waals surface area contributed by atoms with Crippen molar-refractivity contribution in [3.8, 4) is 28.5 Å². The zero-order chi connectivity index (χ0) is 19.7. The van der Waals surface area contributed by atoms with Gasteiger partial charge in [0.25, 0.3) is 0 Å². The molecule has 0 spiro atoms. The van der Waals surface area contributed by atoms with Gasteiger partial charge in [-0.25, -0.2) is 0 Å². The van der Waals surface area contributed by atoms with Crippen molar-refractivity contribution in [1.82, 2.24) is 4.98 Å². The summed E-state index contributed by atoms with van der Waals surface area (Å²) in [6.07, 6.45) is -0.102. The van der Waals surface area contributed by atoms with E-state index < -0.39 is 5.97 Å². The van der Waals surface area contributed by atoms with Gasteiger partial charge in [0.15, 0.2) is 11.5 Å². The third-order valence-electron chi connectivity index (χ3n) is 4.92. The summed E-state index contributed by atoms with van der Waals surface area (Å²) in [5.41, 5.74) is 5.30. The number of carboxylic acid groups (broad SMARTS) is 1. The molecule has 6 heteroatoms. The minimum atomic E-state index is -0.894. The Morgan fingerprint density at radius 2 is 1.63 bits per heavy atom. The van der Waals surface area contributed by atoms with E-state index in [1.54, 1.807) is 33.5 Å². The van der Waals surface area contributed by atoms with E-state index in [1.807, 2.05) is 26.0 Å². The number of aliphatic carboxylic acids is 1. The molecule has 0 aliphatic heterocycles. The third kappa shape index (κ3) is 3.18. The van der Waals surface area contributed by atoms with Crippen molar-refractivity contribution < 1.29 is 24.1 Å². The number of carbonyl (C=O) groups is 1. The Balaban J connectivity index is 2.36. The Bertz CT molecular complexity index is 1020. The number of methoxy groups -OCH3 is 3. The Morgan fingerprint density at radius 1 is 1.00 bits per heavy atom. The summed E-state index contributed by atoms with van der Waals surface area (Å²) < 4.78 is 16.3. The van der Waals surface area contributed by atoms with Crippen LogP contribution in [0.4, 0.5) is 0 Å². The van der Waals surface area contributed by atoms with Crippen LogP contribution in [0.2, 0.25) is 0 Å². The molecule has 0 aliphatic carbocycles. The van der Waals surface area contributed by atoms with Crippen molar-refractivity contribution in [1.29, 1.82) is 0 Å². The van der Waals surface area contributed by atoms with Gasteiger partial charge in [-0.15, -0.1) is 0 Å². The molecule has 0 unspecified atom stereocenters. The van der Waals surface area contributed by atoms with Gasteiger partial charge < -0.3 is 24.3 Å². The van der Waals surface area contributed by atoms with Crippen LogP contribution in [-0.4, -0.2) is 37.4 Å². The molecule has 142 valence electrons. The van der Waals surface area contributed by atoms with Crippen LogP contribution in [0.25, 0.3) is 22.2 Å². The van der Waals surface area contributed by atoms with E-state index in [0.717, 1.165) is 27.6 Å². The highest BCUT2D eigenvalue weighted by atomic mass is 16.5. The van der Waals surface area contributed by atoms with Gasteiger partial charge in [-0.1, -0.05) is 12.1 Å². The van der Waals surface area contributed by atoms with Gasteiger partial charge in [0.2, 0.25) is 0 Å². The van der Waals surface area contributed by atoms with E-state index >= 15 is 0 Å². The lowest BCUT2D eigenvalue weighted by Gasteiger charge is -2.14. The van der Waals surface area contributed by atoms with Crippen LogP contribution >= 0.6 is 0 Å². The molecule has 0 fully saturated rings. The Hall–Kier alpha value is -3.15. The summed E-state index contributed by atoms with van der Waals surface area (Å²) in [6.45, 7) is 4.05. The Labute approximate surface area is 157 Å². The highest BCUT2D eigenvalue weighted by molar-refractivity contribution is 5.97. The van der Waals surface area contributed by atoms with E-state index in [-0.39, 0.29) is 6.42 Å². The number of hydrogen-bond acceptors (Lipinski definition) is 4. The number of carboxylic acids is 1. The first-order chi connectivity index (χ1) is 12.9. The average Bonchev–Trinajstić information content (AvgIpc) is 3.01. The molecular formula is C21H23NO5. The highest BCUT2D eigenvalue weighted by Crippen LogP contribution is 2.43. The molecule has 0 amide bonds. The fourth-order valence-corrected chi connectivity index (χ4v) is 3.35. The molecule has 3 aromatic rings. The lowest BCUT2D eigenvalue weighted by atomic mass is 9.99. The summed E-state index contributed by atoms with van der Waals surface area (Å²) in [4.78, 5) is 15.0. The molecule has 0 atom stereocenters. The molecule has 0 radical (unpaired) electrons. The second kappa shape index (κ2) is 7.23. The first kappa shape index (κ1) is 18.6. The number of aromatic amines is 1. The maximum Gasteiger partial charge on any atom is 0.307 e. The number of aryl methyl sites for hydroxylation is 2. The Morgan fingerprint density at radius 3 is 2.22 bits per heavy atom. The smallest absolute Gasteiger partial charge is 0.307 e. The summed E-state index contributed by atoms with van der Waals surface area (Å²) in [7, 11) is 4.69. The van der Waals surface area contributed by atoms with Gasteiger partial charge in [-0.05, 0) is 36.6 Å². The van der Waals surface area contributed by atoms with Crippen LogP contribution in [0.1, 0.15) is 16.7 Å². The number of hydrogen-bond donors (Lipinski definition) is 2. The summed E-state index contributed by atoms with van der Waals surface area (Å²) >= 11 is 0. The lowest BCUT2D eigenvalue weighted by molar-refractivity contribution is -0.136. The first-order valence-electron chi connectivity index (χ1n) is 8.54. The molecule has 1 aromatic heterocycles. The molecule has 3 rings (SSSR count). The van der Waals surface area contributed by atoms with Crippen LogP contribution in [0, 0.1) is 13.8 Å². The van der Waals surface area contributed by atoms with Gasteiger partial charge in [0.05, 0.1) is 33.4 Å². The average molecular weight is 369 g/mol. The molecule has 2 aromatic carbocycles. The molecule has 27 heavy (non-hydrogen) atoms. The van der Waals surface area contributed by atoms with E-state index in [9.17, 15) is 9.90 Å². The third-order valence-corrected chi connectivity index (χ3v) is 4.92. The first-order valence-corrected chi connectivity index (χ1v) is 8.54. The summed E-state index contributed by atoms with van der Waals surface area (Å²) in [5.74, 6) is 0.761. The normalized spacial score (nSPS) is 10.9. The van der Waals surface area contributed by atoms with Crippen LogP contribution in [0.5, 0.6) is 17.2 Å². The molecule has 1 heterocycles. The predicted octanol–water partition coefficient (Wildman–Crippen LogP) is 4.10. The van der Waals surface area contributed by atoms with Gasteiger partial charge in [-0.3, -0.25) is 4.79 Å². The second-order valence-corrected chi connectivity index (χ2v) is 6.39. The molecule has 0 saturated heterocycles. The van der Waals surface area contributed by atoms with E-state index in [0.29, 0.717) is 28.5 Å². The maximum atomic E-state index is 11.5. The van der Waals surface area contributed by atoms with Gasteiger partial charge >= 0.3 is 5.97 Å². The monoisotopic (exact) mass is 369 g/mol. The number of aromatic nitrogens is 1. The summed E-state index contributed by atoms with van der Waals surface area (Å²) in [5, 5.41) is 10.4. The number of rotatable bonds is 6. The van der Waals surface area contributed by atoms with Crippen molar-refractivity contribution in [3.63, 3.8) is 0 Å². The molecule has 0 saturated carbocycles. The minimum absolute atomic E-state index is 0.102. The van der Waals surface area contributed by atoms with E-state index in [1.165, 1.54) is 0 Å². The van der Waals surface area contributed by atoms with Crippen LogP contribution < -0.4 is 14.2 Å². The highest BCUT2D eigenvalue weighted by Gasteiger charge is 2.22. The SMILES string of the molecule is COc1cc(OC)c(-c2[nH]c3c(C)c(C)ccc3c2CC(=O)O)cc1OC. The van der Waals surface area contributed by atoms with E-state index in [4.69, 9.17) is 14.2 Å². The van der Waals surface area contributed by atoms with Gasteiger partial charge in [0, 0.05) is 22.5 Å². The number of benzene rings is 2. The number of fused-ring (bicyclic) bond motifs is 1. The number of H-pyrrole nitrogens is 1. The molecule has 2 N–H and O–H groups in total. The van der Waals surface area contributed by atoms with Gasteiger partial charge in [-0.2, -0.15) is 0 Å².